The number of amides is 2. The quantitative estimate of drug-likeness (QED) is 0.692. The summed E-state index contributed by atoms with van der Waals surface area (Å²) >= 11 is 0. The number of carboxylic acid groups (broad SMARTS) is 1. The van der Waals surface area contributed by atoms with E-state index in [0.717, 1.165) is 32.5 Å². The summed E-state index contributed by atoms with van der Waals surface area (Å²) in [6, 6.07) is -0.250. The fourth-order valence-electron chi connectivity index (χ4n) is 3.34. The minimum Gasteiger partial charge on any atom is -0.481 e. The van der Waals surface area contributed by atoms with Gasteiger partial charge in [0.15, 0.2) is 0 Å². The van der Waals surface area contributed by atoms with Gasteiger partial charge in [0.25, 0.3) is 0 Å². The van der Waals surface area contributed by atoms with Crippen molar-refractivity contribution in [1.29, 1.82) is 0 Å². The van der Waals surface area contributed by atoms with Gasteiger partial charge in [0, 0.05) is 19.6 Å². The molecule has 2 fully saturated rings. The Kier molecular flexibility index (Phi) is 5.85. The highest BCUT2D eigenvalue weighted by atomic mass is 16.4. The molecule has 2 aliphatic rings. The van der Waals surface area contributed by atoms with E-state index in [1.165, 1.54) is 19.3 Å². The van der Waals surface area contributed by atoms with Crippen molar-refractivity contribution in [3.8, 4) is 0 Å². The summed E-state index contributed by atoms with van der Waals surface area (Å²) in [4.78, 5) is 25.5. The summed E-state index contributed by atoms with van der Waals surface area (Å²) in [7, 11) is 0. The molecule has 2 amide bonds. The standard InChI is InChI=1S/C15H27N3O3/c19-13(20)15(6-2-3-7-15)12-17-14(21)16-8-11-18-9-4-1-5-10-18/h1-12H2,(H,19,20)(H2,16,17,21). The molecule has 0 unspecified atom stereocenters. The molecular formula is C15H27N3O3. The minimum atomic E-state index is -0.784. The van der Waals surface area contributed by atoms with Gasteiger partial charge in [0.1, 0.15) is 0 Å². The number of piperidine rings is 1. The van der Waals surface area contributed by atoms with Gasteiger partial charge in [-0.2, -0.15) is 0 Å². The Morgan fingerprint density at radius 3 is 2.29 bits per heavy atom. The third-order valence-corrected chi connectivity index (χ3v) is 4.76. The number of rotatable bonds is 6. The van der Waals surface area contributed by atoms with E-state index in [1.54, 1.807) is 0 Å². The second kappa shape index (κ2) is 7.64. The number of carboxylic acids is 1. The van der Waals surface area contributed by atoms with E-state index in [2.05, 4.69) is 15.5 Å². The Bertz CT molecular complexity index is 361. The molecule has 6 heteroatoms. The fourth-order valence-corrected chi connectivity index (χ4v) is 3.34. The van der Waals surface area contributed by atoms with E-state index in [4.69, 9.17) is 0 Å². The smallest absolute Gasteiger partial charge is 0.314 e. The lowest BCUT2D eigenvalue weighted by molar-refractivity contribution is -0.148. The van der Waals surface area contributed by atoms with Crippen molar-refractivity contribution in [2.45, 2.75) is 44.9 Å². The largest absolute Gasteiger partial charge is 0.481 e. The zero-order valence-corrected chi connectivity index (χ0v) is 12.7. The van der Waals surface area contributed by atoms with Gasteiger partial charge in [-0.1, -0.05) is 19.3 Å². The van der Waals surface area contributed by atoms with Crippen LogP contribution >= 0.6 is 0 Å². The first-order chi connectivity index (χ1) is 10.1. The molecule has 1 saturated heterocycles. The van der Waals surface area contributed by atoms with Crippen molar-refractivity contribution in [3.63, 3.8) is 0 Å². The van der Waals surface area contributed by atoms with Gasteiger partial charge in [-0.25, -0.2) is 4.79 Å². The summed E-state index contributed by atoms with van der Waals surface area (Å²) in [5.41, 5.74) is -0.746. The first-order valence-corrected chi connectivity index (χ1v) is 8.10. The normalized spacial score (nSPS) is 21.9. The highest BCUT2D eigenvalue weighted by Crippen LogP contribution is 2.37. The topological polar surface area (TPSA) is 81.7 Å². The summed E-state index contributed by atoms with van der Waals surface area (Å²) in [6.07, 6.45) is 6.99. The van der Waals surface area contributed by atoms with E-state index in [1.807, 2.05) is 0 Å². The maximum absolute atomic E-state index is 11.8. The zero-order valence-electron chi connectivity index (χ0n) is 12.7. The van der Waals surface area contributed by atoms with E-state index in [-0.39, 0.29) is 12.6 Å². The molecule has 1 aliphatic carbocycles. The summed E-state index contributed by atoms with van der Waals surface area (Å²) in [6.45, 7) is 3.96. The van der Waals surface area contributed by atoms with E-state index >= 15 is 0 Å². The second-order valence-corrected chi connectivity index (χ2v) is 6.30. The molecule has 0 aromatic rings. The van der Waals surface area contributed by atoms with Crippen LogP contribution in [0.3, 0.4) is 0 Å². The van der Waals surface area contributed by atoms with Crippen LogP contribution in [0.2, 0.25) is 0 Å². The lowest BCUT2D eigenvalue weighted by Gasteiger charge is -2.27. The molecule has 0 spiro atoms. The predicted octanol–water partition coefficient (Wildman–Crippen LogP) is 1.42. The number of nitrogens with one attached hydrogen (secondary N) is 2. The number of aliphatic carboxylic acids is 1. The van der Waals surface area contributed by atoms with Crippen molar-refractivity contribution in [1.82, 2.24) is 15.5 Å². The van der Waals surface area contributed by atoms with Crippen LogP contribution in [-0.4, -0.2) is 54.7 Å². The Morgan fingerprint density at radius 2 is 1.67 bits per heavy atom. The molecule has 6 nitrogen and oxygen atoms in total. The van der Waals surface area contributed by atoms with Gasteiger partial charge in [-0.05, 0) is 38.8 Å². The van der Waals surface area contributed by atoms with Crippen LogP contribution in [0.4, 0.5) is 4.79 Å². The first-order valence-electron chi connectivity index (χ1n) is 8.10. The van der Waals surface area contributed by atoms with Gasteiger partial charge in [-0.3, -0.25) is 4.79 Å². The zero-order chi connectivity index (χ0) is 15.1. The van der Waals surface area contributed by atoms with Crippen LogP contribution in [0, 0.1) is 5.41 Å². The molecule has 0 radical (unpaired) electrons. The highest BCUT2D eigenvalue weighted by Gasteiger charge is 2.41. The van der Waals surface area contributed by atoms with E-state index < -0.39 is 11.4 Å². The molecule has 0 atom stereocenters. The SMILES string of the molecule is O=C(NCCN1CCCCC1)NCC1(C(=O)O)CCCC1. The summed E-state index contributed by atoms with van der Waals surface area (Å²) < 4.78 is 0. The molecule has 0 bridgehead atoms. The first kappa shape index (κ1) is 16.1. The number of hydrogen-bond acceptors (Lipinski definition) is 3. The molecule has 1 aliphatic heterocycles. The molecule has 120 valence electrons. The molecule has 0 aromatic heterocycles. The second-order valence-electron chi connectivity index (χ2n) is 6.30. The van der Waals surface area contributed by atoms with Gasteiger partial charge in [-0.15, -0.1) is 0 Å². The van der Waals surface area contributed by atoms with E-state index in [0.29, 0.717) is 19.4 Å². The Hall–Kier alpha value is -1.30. The third kappa shape index (κ3) is 4.59. The average Bonchev–Trinajstić information content (AvgIpc) is 2.96. The van der Waals surface area contributed by atoms with Crippen LogP contribution in [0.15, 0.2) is 0 Å². The van der Waals surface area contributed by atoms with Gasteiger partial charge >= 0.3 is 12.0 Å². The van der Waals surface area contributed by atoms with Crippen molar-refractivity contribution in [2.75, 3.05) is 32.7 Å². The predicted molar refractivity (Wildman–Crippen MR) is 80.2 cm³/mol. The number of hydrogen-bond donors (Lipinski definition) is 3. The summed E-state index contributed by atoms with van der Waals surface area (Å²) in [5.74, 6) is -0.784. The van der Waals surface area contributed by atoms with Crippen molar-refractivity contribution >= 4 is 12.0 Å². The van der Waals surface area contributed by atoms with Gasteiger partial charge in [0.2, 0.25) is 0 Å². The molecule has 1 saturated carbocycles. The Balaban J connectivity index is 1.63. The minimum absolute atomic E-state index is 0.234. The van der Waals surface area contributed by atoms with Crippen LogP contribution < -0.4 is 10.6 Å². The monoisotopic (exact) mass is 297 g/mol. The van der Waals surface area contributed by atoms with Crippen molar-refractivity contribution in [3.05, 3.63) is 0 Å². The molecule has 2 rings (SSSR count). The molecule has 0 aromatic carbocycles. The Morgan fingerprint density at radius 1 is 1.00 bits per heavy atom. The Labute approximate surface area is 126 Å². The van der Waals surface area contributed by atoms with Gasteiger partial charge < -0.3 is 20.6 Å². The molecule has 1 heterocycles. The van der Waals surface area contributed by atoms with Crippen LogP contribution in [0.5, 0.6) is 0 Å². The number of carbonyl (C=O) groups is 2. The maximum Gasteiger partial charge on any atom is 0.314 e. The molecular weight excluding hydrogens is 270 g/mol. The number of urea groups is 1. The summed E-state index contributed by atoms with van der Waals surface area (Å²) in [5, 5.41) is 14.9. The number of nitrogens with zero attached hydrogens (tertiary/aromatic N) is 1. The van der Waals surface area contributed by atoms with E-state index in [9.17, 15) is 14.7 Å². The number of carbonyl (C=O) groups excluding carboxylic acids is 1. The lowest BCUT2D eigenvalue weighted by atomic mass is 9.86. The van der Waals surface area contributed by atoms with Crippen LogP contribution in [0.1, 0.15) is 44.9 Å². The average molecular weight is 297 g/mol. The fraction of sp³-hybridized carbons (Fsp3) is 0.867. The van der Waals surface area contributed by atoms with Crippen LogP contribution in [0.25, 0.3) is 0 Å². The molecule has 21 heavy (non-hydrogen) atoms. The van der Waals surface area contributed by atoms with Gasteiger partial charge in [0.05, 0.1) is 5.41 Å². The third-order valence-electron chi connectivity index (χ3n) is 4.76. The maximum atomic E-state index is 11.8. The van der Waals surface area contributed by atoms with Crippen LogP contribution in [-0.2, 0) is 4.79 Å². The lowest BCUT2D eigenvalue weighted by Crippen LogP contribution is -2.46. The van der Waals surface area contributed by atoms with Crippen molar-refractivity contribution in [2.24, 2.45) is 5.41 Å². The highest BCUT2D eigenvalue weighted by molar-refractivity contribution is 5.78. The van der Waals surface area contributed by atoms with Crippen molar-refractivity contribution < 1.29 is 14.7 Å². The number of likely N-dealkylation sites (tertiary alicyclic amines) is 1. The molecule has 3 N–H and O–H groups in total.